The first kappa shape index (κ1) is 25.0. The lowest BCUT2D eigenvalue weighted by molar-refractivity contribution is -0.132. The lowest BCUT2D eigenvalue weighted by atomic mass is 9.96. The van der Waals surface area contributed by atoms with E-state index in [0.29, 0.717) is 33.5 Å². The number of halogens is 1. The molecule has 4 aromatic rings. The summed E-state index contributed by atoms with van der Waals surface area (Å²) in [6.07, 6.45) is 3.15. The van der Waals surface area contributed by atoms with Gasteiger partial charge in [0.1, 0.15) is 23.0 Å². The van der Waals surface area contributed by atoms with Crippen LogP contribution in [-0.2, 0) is 9.59 Å². The standard InChI is InChI=1S/C30H23ClN2O5/c1-18-5-3-7-23(15-18)38-22-11-9-21(10-12-22)33-27(19-6-4-14-32-17-19)26(29(35)30(33)36)28(34)24-16-20(31)8-13-25(24)37-2/h3-17,27,34H,1-2H3/b28-26+. The van der Waals surface area contributed by atoms with Gasteiger partial charge >= 0.3 is 0 Å². The number of aromatic nitrogens is 1. The summed E-state index contributed by atoms with van der Waals surface area (Å²) in [7, 11) is 1.44. The van der Waals surface area contributed by atoms with Crippen LogP contribution < -0.4 is 14.4 Å². The lowest BCUT2D eigenvalue weighted by Crippen LogP contribution is -2.29. The van der Waals surface area contributed by atoms with Crippen LogP contribution >= 0.6 is 11.6 Å². The number of amides is 1. The minimum absolute atomic E-state index is 0.0938. The van der Waals surface area contributed by atoms with Crippen LogP contribution in [0.3, 0.4) is 0 Å². The van der Waals surface area contributed by atoms with Gasteiger partial charge in [0.25, 0.3) is 11.7 Å². The van der Waals surface area contributed by atoms with Gasteiger partial charge in [-0.1, -0.05) is 29.8 Å². The van der Waals surface area contributed by atoms with Gasteiger partial charge in [-0.25, -0.2) is 0 Å². The van der Waals surface area contributed by atoms with E-state index in [1.54, 1.807) is 60.9 Å². The monoisotopic (exact) mass is 526 g/mol. The van der Waals surface area contributed by atoms with E-state index in [1.165, 1.54) is 18.1 Å². The Bertz CT molecular complexity index is 1550. The molecule has 1 fully saturated rings. The van der Waals surface area contributed by atoms with Crippen molar-refractivity contribution in [3.8, 4) is 17.2 Å². The van der Waals surface area contributed by atoms with E-state index in [1.807, 2.05) is 31.2 Å². The summed E-state index contributed by atoms with van der Waals surface area (Å²) in [5.74, 6) is -0.451. The van der Waals surface area contributed by atoms with Gasteiger partial charge in [-0.15, -0.1) is 0 Å². The van der Waals surface area contributed by atoms with Crippen molar-refractivity contribution in [1.82, 2.24) is 4.98 Å². The third kappa shape index (κ3) is 4.71. The molecule has 0 spiro atoms. The van der Waals surface area contributed by atoms with Crippen LogP contribution in [0.4, 0.5) is 5.69 Å². The van der Waals surface area contributed by atoms with Gasteiger partial charge in [-0.3, -0.25) is 19.5 Å². The van der Waals surface area contributed by atoms with E-state index in [9.17, 15) is 14.7 Å². The van der Waals surface area contributed by atoms with Crippen LogP contribution in [-0.4, -0.2) is 28.9 Å². The van der Waals surface area contributed by atoms with Crippen molar-refractivity contribution < 1.29 is 24.2 Å². The van der Waals surface area contributed by atoms with Crippen molar-refractivity contribution in [3.05, 3.63) is 119 Å². The number of aliphatic hydroxyl groups excluding tert-OH is 1. The first-order chi connectivity index (χ1) is 18.4. The molecule has 1 unspecified atom stereocenters. The molecule has 0 bridgehead atoms. The quantitative estimate of drug-likeness (QED) is 0.176. The SMILES string of the molecule is COc1ccc(Cl)cc1/C(O)=C1\C(=O)C(=O)N(c2ccc(Oc3cccc(C)c3)cc2)C1c1cccnc1. The number of ketones is 1. The van der Waals surface area contributed by atoms with Crippen LogP contribution in [0, 0.1) is 6.92 Å². The number of aryl methyl sites for hydroxylation is 1. The largest absolute Gasteiger partial charge is 0.507 e. The number of rotatable bonds is 6. The Hall–Kier alpha value is -4.62. The fourth-order valence-electron chi connectivity index (χ4n) is 4.45. The number of nitrogens with zero attached hydrogens (tertiary/aromatic N) is 2. The van der Waals surface area contributed by atoms with Gasteiger partial charge in [0.05, 0.1) is 24.3 Å². The summed E-state index contributed by atoms with van der Waals surface area (Å²) in [5, 5.41) is 11.7. The van der Waals surface area contributed by atoms with E-state index >= 15 is 0 Å². The van der Waals surface area contributed by atoms with E-state index in [2.05, 4.69) is 4.98 Å². The number of aliphatic hydroxyl groups is 1. The zero-order chi connectivity index (χ0) is 26.8. The van der Waals surface area contributed by atoms with Crippen molar-refractivity contribution in [2.24, 2.45) is 0 Å². The first-order valence-corrected chi connectivity index (χ1v) is 12.1. The zero-order valence-electron chi connectivity index (χ0n) is 20.6. The lowest BCUT2D eigenvalue weighted by Gasteiger charge is -2.25. The molecule has 1 N–H and O–H groups in total. The number of carbonyl (C=O) groups is 2. The number of ether oxygens (including phenoxy) is 2. The van der Waals surface area contributed by atoms with Crippen LogP contribution in [0.1, 0.15) is 22.7 Å². The maximum absolute atomic E-state index is 13.4. The van der Waals surface area contributed by atoms with Gasteiger partial charge < -0.3 is 14.6 Å². The van der Waals surface area contributed by atoms with Gasteiger partial charge in [0, 0.05) is 23.1 Å². The predicted molar refractivity (Wildman–Crippen MR) is 145 cm³/mol. The molecule has 1 aromatic heterocycles. The Balaban J connectivity index is 1.59. The molecule has 0 aliphatic carbocycles. The Morgan fingerprint density at radius 2 is 1.76 bits per heavy atom. The second kappa shape index (κ2) is 10.4. The maximum Gasteiger partial charge on any atom is 0.300 e. The second-order valence-corrected chi connectivity index (χ2v) is 9.15. The number of Topliss-reactive ketones (excluding diaryl/α,β-unsaturated/α-hetero) is 1. The minimum Gasteiger partial charge on any atom is -0.507 e. The first-order valence-electron chi connectivity index (χ1n) is 11.8. The molecule has 1 saturated heterocycles. The topological polar surface area (TPSA) is 89.0 Å². The molecule has 1 atom stereocenters. The van der Waals surface area contributed by atoms with Crippen LogP contribution in [0.5, 0.6) is 17.2 Å². The number of hydrogen-bond donors (Lipinski definition) is 1. The molecule has 3 aromatic carbocycles. The molecule has 8 heteroatoms. The highest BCUT2D eigenvalue weighted by Crippen LogP contribution is 2.43. The maximum atomic E-state index is 13.4. The summed E-state index contributed by atoms with van der Waals surface area (Å²) in [5.41, 5.74) is 2.18. The molecule has 0 saturated carbocycles. The Morgan fingerprint density at radius 1 is 0.974 bits per heavy atom. The fourth-order valence-corrected chi connectivity index (χ4v) is 4.62. The van der Waals surface area contributed by atoms with Gasteiger partial charge in [0.15, 0.2) is 0 Å². The Kier molecular flexibility index (Phi) is 6.85. The third-order valence-electron chi connectivity index (χ3n) is 6.20. The van der Waals surface area contributed by atoms with E-state index < -0.39 is 23.5 Å². The number of anilines is 1. The van der Waals surface area contributed by atoms with Crippen LogP contribution in [0.25, 0.3) is 5.76 Å². The molecule has 2 heterocycles. The Labute approximate surface area is 224 Å². The molecular formula is C30H23ClN2O5. The van der Waals surface area contributed by atoms with Crippen molar-refractivity contribution >= 4 is 34.7 Å². The minimum atomic E-state index is -0.934. The van der Waals surface area contributed by atoms with Crippen molar-refractivity contribution in [3.63, 3.8) is 0 Å². The smallest absolute Gasteiger partial charge is 0.300 e. The van der Waals surface area contributed by atoms with E-state index in [0.717, 1.165) is 5.56 Å². The highest BCUT2D eigenvalue weighted by molar-refractivity contribution is 6.51. The molecule has 1 aliphatic heterocycles. The van der Waals surface area contributed by atoms with Gasteiger partial charge in [-0.2, -0.15) is 0 Å². The van der Waals surface area contributed by atoms with E-state index in [-0.39, 0.29) is 11.1 Å². The highest BCUT2D eigenvalue weighted by atomic mass is 35.5. The number of carbonyl (C=O) groups excluding carboxylic acids is 2. The summed E-state index contributed by atoms with van der Waals surface area (Å²) in [6.45, 7) is 1.98. The Morgan fingerprint density at radius 3 is 2.45 bits per heavy atom. The van der Waals surface area contributed by atoms with Gasteiger partial charge in [0.2, 0.25) is 0 Å². The number of benzene rings is 3. The predicted octanol–water partition coefficient (Wildman–Crippen LogP) is 6.47. The average molecular weight is 527 g/mol. The summed E-state index contributed by atoms with van der Waals surface area (Å²) < 4.78 is 11.3. The molecule has 190 valence electrons. The molecule has 38 heavy (non-hydrogen) atoms. The number of hydrogen-bond acceptors (Lipinski definition) is 6. The van der Waals surface area contributed by atoms with E-state index in [4.69, 9.17) is 21.1 Å². The van der Waals surface area contributed by atoms with Crippen LogP contribution in [0.15, 0.2) is 96.8 Å². The molecular weight excluding hydrogens is 504 g/mol. The third-order valence-corrected chi connectivity index (χ3v) is 6.44. The molecule has 1 aliphatic rings. The highest BCUT2D eigenvalue weighted by Gasteiger charge is 2.47. The molecule has 7 nitrogen and oxygen atoms in total. The normalized spacial score (nSPS) is 16.5. The van der Waals surface area contributed by atoms with Crippen molar-refractivity contribution in [2.45, 2.75) is 13.0 Å². The fraction of sp³-hybridized carbons (Fsp3) is 0.100. The van der Waals surface area contributed by atoms with Crippen molar-refractivity contribution in [1.29, 1.82) is 0 Å². The zero-order valence-corrected chi connectivity index (χ0v) is 21.3. The molecule has 1 amide bonds. The van der Waals surface area contributed by atoms with Gasteiger partial charge in [-0.05, 0) is 78.7 Å². The average Bonchev–Trinajstić information content (AvgIpc) is 3.19. The van der Waals surface area contributed by atoms with Crippen molar-refractivity contribution in [2.75, 3.05) is 12.0 Å². The summed E-state index contributed by atoms with van der Waals surface area (Å²) in [6, 6.07) is 21.7. The molecule has 0 radical (unpaired) electrons. The van der Waals surface area contributed by atoms with Crippen LogP contribution in [0.2, 0.25) is 5.02 Å². The molecule has 5 rings (SSSR count). The second-order valence-electron chi connectivity index (χ2n) is 8.71. The summed E-state index contributed by atoms with van der Waals surface area (Å²) >= 11 is 6.18. The number of pyridine rings is 1. The number of methoxy groups -OCH3 is 1. The summed E-state index contributed by atoms with van der Waals surface area (Å²) in [4.78, 5) is 32.3.